The molecule has 2 fully saturated rings. The molecule has 0 spiro atoms. The van der Waals surface area contributed by atoms with Gasteiger partial charge in [-0.2, -0.15) is 0 Å². The molecule has 1 aromatic heterocycles. The van der Waals surface area contributed by atoms with Gasteiger partial charge in [0, 0.05) is 68.7 Å². The predicted molar refractivity (Wildman–Crippen MR) is 154 cm³/mol. The van der Waals surface area contributed by atoms with E-state index in [1.807, 2.05) is 24.6 Å². The van der Waals surface area contributed by atoms with Gasteiger partial charge in [-0.25, -0.2) is 4.98 Å². The molecule has 9 nitrogen and oxygen atoms in total. The molecule has 11 heteroatoms. The topological polar surface area (TPSA) is 89.0 Å². The molecule has 1 aromatic carbocycles. The number of nitrogens with zero attached hydrogens (tertiary/aromatic N) is 4. The van der Waals surface area contributed by atoms with Gasteiger partial charge in [-0.15, -0.1) is 11.3 Å². The number of piperazine rings is 1. The zero-order chi connectivity index (χ0) is 26.0. The van der Waals surface area contributed by atoms with Gasteiger partial charge in [0.1, 0.15) is 10.8 Å². The third-order valence-corrected chi connectivity index (χ3v) is 8.09. The van der Waals surface area contributed by atoms with Crippen LogP contribution in [-0.2, 0) is 6.54 Å². The summed E-state index contributed by atoms with van der Waals surface area (Å²) in [5.74, 6) is 1.84. The molecule has 0 unspecified atom stereocenters. The van der Waals surface area contributed by atoms with Gasteiger partial charge in [0.05, 0.1) is 20.3 Å². The average Bonchev–Trinajstić information content (AvgIpc) is 3.47. The number of nitrogens with one attached hydrogen (secondary N) is 3. The van der Waals surface area contributed by atoms with Crippen molar-refractivity contribution < 1.29 is 9.47 Å². The smallest absolute Gasteiger partial charge is 0.169 e. The SMILES string of the molecule is CNc1cc(OCCCN2CCCCC2)c(OC)cc1C(=N)N1CCN(C(=S)NCc2nccs2)CC1. The number of methoxy groups -OCH3 is 1. The lowest BCUT2D eigenvalue weighted by atomic mass is 10.1. The maximum absolute atomic E-state index is 8.95. The van der Waals surface area contributed by atoms with Crippen LogP contribution in [0.25, 0.3) is 0 Å². The van der Waals surface area contributed by atoms with Crippen LogP contribution in [0.5, 0.6) is 11.5 Å². The van der Waals surface area contributed by atoms with Crippen LogP contribution in [0.15, 0.2) is 23.7 Å². The zero-order valence-electron chi connectivity index (χ0n) is 21.9. The van der Waals surface area contributed by atoms with Gasteiger partial charge >= 0.3 is 0 Å². The van der Waals surface area contributed by atoms with Gasteiger partial charge in [0.2, 0.25) is 0 Å². The number of benzene rings is 1. The first kappa shape index (κ1) is 27.4. The van der Waals surface area contributed by atoms with Crippen LogP contribution in [0, 0.1) is 5.41 Å². The highest BCUT2D eigenvalue weighted by atomic mass is 32.1. The highest BCUT2D eigenvalue weighted by Gasteiger charge is 2.24. The molecule has 2 aliphatic rings. The van der Waals surface area contributed by atoms with E-state index in [2.05, 4.69) is 30.3 Å². The lowest BCUT2D eigenvalue weighted by Gasteiger charge is -2.37. The maximum Gasteiger partial charge on any atom is 0.169 e. The minimum atomic E-state index is 0.473. The van der Waals surface area contributed by atoms with Crippen molar-refractivity contribution in [3.8, 4) is 11.5 Å². The highest BCUT2D eigenvalue weighted by Crippen LogP contribution is 2.34. The van der Waals surface area contributed by atoms with Crippen LogP contribution in [-0.4, -0.2) is 97.2 Å². The van der Waals surface area contributed by atoms with Crippen molar-refractivity contribution in [2.24, 2.45) is 0 Å². The normalized spacial score (nSPS) is 16.4. The van der Waals surface area contributed by atoms with E-state index in [1.54, 1.807) is 24.6 Å². The fourth-order valence-corrected chi connectivity index (χ4v) is 5.61. The second-order valence-electron chi connectivity index (χ2n) is 9.31. The number of hydrogen-bond acceptors (Lipinski definition) is 8. The minimum absolute atomic E-state index is 0.473. The molecule has 3 heterocycles. The molecule has 2 saturated heterocycles. The number of ether oxygens (including phenoxy) is 2. The fraction of sp³-hybridized carbons (Fsp3) is 0.577. The molecule has 4 rings (SSSR count). The molecule has 2 aromatic rings. The summed E-state index contributed by atoms with van der Waals surface area (Å²) in [6.07, 6.45) is 6.75. The first-order valence-electron chi connectivity index (χ1n) is 13.1. The second kappa shape index (κ2) is 13.8. The summed E-state index contributed by atoms with van der Waals surface area (Å²) < 4.78 is 11.8. The minimum Gasteiger partial charge on any atom is -0.493 e. The largest absolute Gasteiger partial charge is 0.493 e. The summed E-state index contributed by atoms with van der Waals surface area (Å²) in [6.45, 7) is 7.72. The third kappa shape index (κ3) is 7.45. The first-order valence-corrected chi connectivity index (χ1v) is 14.4. The van der Waals surface area contributed by atoms with Crippen LogP contribution in [0.2, 0.25) is 0 Å². The number of hydrogen-bond donors (Lipinski definition) is 3. The number of thiocarbonyl (C=S) groups is 1. The average molecular weight is 546 g/mol. The number of likely N-dealkylation sites (tertiary alicyclic amines) is 1. The Morgan fingerprint density at radius 1 is 1.08 bits per heavy atom. The molecule has 3 N–H and O–H groups in total. The molecular weight excluding hydrogens is 506 g/mol. The van der Waals surface area contributed by atoms with Crippen LogP contribution in [0.3, 0.4) is 0 Å². The van der Waals surface area contributed by atoms with Crippen LogP contribution in [0.4, 0.5) is 5.69 Å². The van der Waals surface area contributed by atoms with E-state index in [4.69, 9.17) is 27.1 Å². The van der Waals surface area contributed by atoms with E-state index in [0.717, 1.165) is 60.5 Å². The standard InChI is InChI=1S/C26H39N7O2S2/c1-28-21-18-23(35-15-6-10-31-8-4-3-5-9-31)22(34-2)17-20(21)25(27)32-11-13-33(14-12-32)26(36)30-19-24-29-7-16-37-24/h7,16-18,27-28H,3-6,8-15,19H2,1-2H3,(H,30,36). The summed E-state index contributed by atoms with van der Waals surface area (Å²) in [5, 5.41) is 19.2. The lowest BCUT2D eigenvalue weighted by Crippen LogP contribution is -2.53. The van der Waals surface area contributed by atoms with E-state index in [0.29, 0.717) is 30.5 Å². The number of rotatable bonds is 10. The molecule has 0 radical (unpaired) electrons. The molecule has 0 saturated carbocycles. The lowest BCUT2D eigenvalue weighted by molar-refractivity contribution is 0.203. The Morgan fingerprint density at radius 3 is 2.51 bits per heavy atom. The Labute approximate surface area is 229 Å². The Kier molecular flexibility index (Phi) is 10.2. The van der Waals surface area contributed by atoms with Crippen molar-refractivity contribution in [2.75, 3.05) is 71.9 Å². The van der Waals surface area contributed by atoms with Crippen LogP contribution < -0.4 is 20.1 Å². The number of piperidine rings is 1. The summed E-state index contributed by atoms with van der Waals surface area (Å²) in [6, 6.07) is 3.87. The first-order chi connectivity index (χ1) is 18.1. The van der Waals surface area contributed by atoms with Crippen molar-refractivity contribution in [1.29, 1.82) is 5.41 Å². The Morgan fingerprint density at radius 2 is 1.84 bits per heavy atom. The van der Waals surface area contributed by atoms with Gasteiger partial charge in [-0.05, 0) is 50.6 Å². The Bertz CT molecular complexity index is 1020. The Hall–Kier alpha value is -2.63. The summed E-state index contributed by atoms with van der Waals surface area (Å²) >= 11 is 7.21. The van der Waals surface area contributed by atoms with Crippen molar-refractivity contribution in [1.82, 2.24) is 25.0 Å². The van der Waals surface area contributed by atoms with Gasteiger partial charge in [0.25, 0.3) is 0 Å². The summed E-state index contributed by atoms with van der Waals surface area (Å²) in [7, 11) is 3.53. The zero-order valence-corrected chi connectivity index (χ0v) is 23.6. The molecular formula is C26H39N7O2S2. The van der Waals surface area contributed by atoms with Crippen LogP contribution >= 0.6 is 23.6 Å². The molecule has 2 aliphatic heterocycles. The van der Waals surface area contributed by atoms with Crippen molar-refractivity contribution in [3.05, 3.63) is 34.3 Å². The molecule has 0 bridgehead atoms. The quantitative estimate of drug-likeness (QED) is 0.180. The maximum atomic E-state index is 8.95. The molecule has 202 valence electrons. The van der Waals surface area contributed by atoms with E-state index in [-0.39, 0.29) is 0 Å². The summed E-state index contributed by atoms with van der Waals surface area (Å²) in [4.78, 5) is 11.1. The second-order valence-corrected chi connectivity index (χ2v) is 10.7. The number of thiazole rings is 1. The summed E-state index contributed by atoms with van der Waals surface area (Å²) in [5.41, 5.74) is 1.66. The van der Waals surface area contributed by atoms with E-state index < -0.39 is 0 Å². The number of amidine groups is 1. The number of aromatic nitrogens is 1. The van der Waals surface area contributed by atoms with E-state index >= 15 is 0 Å². The van der Waals surface area contributed by atoms with Gasteiger partial charge < -0.3 is 34.8 Å². The third-order valence-electron chi connectivity index (χ3n) is 6.91. The monoisotopic (exact) mass is 545 g/mol. The Balaban J connectivity index is 1.31. The molecule has 0 aliphatic carbocycles. The fourth-order valence-electron chi connectivity index (χ4n) is 4.80. The molecule has 0 amide bonds. The van der Waals surface area contributed by atoms with Gasteiger partial charge in [-0.3, -0.25) is 5.41 Å². The number of anilines is 1. The van der Waals surface area contributed by atoms with Gasteiger partial charge in [0.15, 0.2) is 16.6 Å². The molecule has 0 atom stereocenters. The van der Waals surface area contributed by atoms with Crippen molar-refractivity contribution in [2.45, 2.75) is 32.2 Å². The van der Waals surface area contributed by atoms with E-state index in [9.17, 15) is 0 Å². The molecule has 37 heavy (non-hydrogen) atoms. The van der Waals surface area contributed by atoms with Crippen molar-refractivity contribution in [3.63, 3.8) is 0 Å². The van der Waals surface area contributed by atoms with E-state index in [1.165, 1.54) is 32.4 Å². The van der Waals surface area contributed by atoms with Crippen LogP contribution in [0.1, 0.15) is 36.3 Å². The predicted octanol–water partition coefficient (Wildman–Crippen LogP) is 3.47. The highest BCUT2D eigenvalue weighted by molar-refractivity contribution is 7.80. The van der Waals surface area contributed by atoms with Gasteiger partial charge in [-0.1, -0.05) is 6.42 Å². The van der Waals surface area contributed by atoms with Crippen molar-refractivity contribution >= 4 is 40.2 Å².